The lowest BCUT2D eigenvalue weighted by atomic mass is 10.0. The molecule has 0 bridgehead atoms. The van der Waals surface area contributed by atoms with Crippen LogP contribution in [0, 0.1) is 0 Å². The normalized spacial score (nSPS) is 11.3. The van der Waals surface area contributed by atoms with Crippen molar-refractivity contribution in [3.05, 3.63) is 107 Å². The van der Waals surface area contributed by atoms with Gasteiger partial charge in [-0.1, -0.05) is 78.3 Å². The number of nitrogens with zero attached hydrogens (tertiary/aromatic N) is 2. The number of hydrogen-bond acceptors (Lipinski definition) is 1. The largest absolute Gasteiger partial charge is 0.303 e. The Balaban J connectivity index is 1.79. The fourth-order valence-corrected chi connectivity index (χ4v) is 3.74. The molecular formula is C24H17ClN2. The fraction of sp³-hybridized carbons (Fsp3) is 0.0417. The molecule has 3 aromatic carbocycles. The molecule has 0 amide bonds. The van der Waals surface area contributed by atoms with Gasteiger partial charge >= 0.3 is 0 Å². The zero-order valence-electron chi connectivity index (χ0n) is 14.6. The van der Waals surface area contributed by atoms with Gasteiger partial charge in [0.1, 0.15) is 5.65 Å². The maximum atomic E-state index is 6.10. The van der Waals surface area contributed by atoms with E-state index in [0.29, 0.717) is 0 Å². The third kappa shape index (κ3) is 2.88. The summed E-state index contributed by atoms with van der Waals surface area (Å²) in [6.45, 7) is 0. The van der Waals surface area contributed by atoms with Gasteiger partial charge in [-0.05, 0) is 29.1 Å². The second kappa shape index (κ2) is 6.57. The van der Waals surface area contributed by atoms with Crippen molar-refractivity contribution in [3.63, 3.8) is 0 Å². The highest BCUT2D eigenvalue weighted by atomic mass is 35.5. The molecule has 2 heterocycles. The van der Waals surface area contributed by atoms with Crippen LogP contribution in [-0.2, 0) is 6.42 Å². The molecule has 0 N–H and O–H groups in total. The van der Waals surface area contributed by atoms with E-state index in [-0.39, 0.29) is 0 Å². The minimum Gasteiger partial charge on any atom is -0.303 e. The number of aromatic nitrogens is 2. The van der Waals surface area contributed by atoms with Crippen LogP contribution >= 0.6 is 11.6 Å². The molecular weight excluding hydrogens is 352 g/mol. The first-order chi connectivity index (χ1) is 13.3. The predicted octanol–water partition coefficient (Wildman–Crippen LogP) is 6.40. The van der Waals surface area contributed by atoms with Gasteiger partial charge < -0.3 is 4.40 Å². The van der Waals surface area contributed by atoms with Crippen LogP contribution in [0.25, 0.3) is 27.7 Å². The summed E-state index contributed by atoms with van der Waals surface area (Å²) in [5.74, 6) is 0. The molecule has 5 rings (SSSR count). The lowest BCUT2D eigenvalue weighted by molar-refractivity contribution is 1.03. The first-order valence-corrected chi connectivity index (χ1v) is 9.36. The number of rotatable bonds is 3. The van der Waals surface area contributed by atoms with Gasteiger partial charge in [0.15, 0.2) is 0 Å². The SMILES string of the molecule is Clc1ccc(-c2nc3c4ccccc4ccn3c2Cc2ccccc2)cc1. The maximum Gasteiger partial charge on any atom is 0.145 e. The van der Waals surface area contributed by atoms with E-state index in [1.54, 1.807) is 0 Å². The first kappa shape index (κ1) is 16.1. The molecule has 3 heteroatoms. The van der Waals surface area contributed by atoms with Crippen LogP contribution in [0.2, 0.25) is 5.02 Å². The minimum atomic E-state index is 0.734. The molecule has 0 saturated heterocycles. The monoisotopic (exact) mass is 368 g/mol. The van der Waals surface area contributed by atoms with Crippen molar-refractivity contribution >= 4 is 28.0 Å². The highest BCUT2D eigenvalue weighted by Crippen LogP contribution is 2.30. The maximum absolute atomic E-state index is 6.10. The van der Waals surface area contributed by atoms with Gasteiger partial charge in [-0.25, -0.2) is 4.98 Å². The van der Waals surface area contributed by atoms with E-state index in [0.717, 1.165) is 33.7 Å². The Morgan fingerprint density at radius 2 is 1.52 bits per heavy atom. The highest BCUT2D eigenvalue weighted by molar-refractivity contribution is 6.30. The van der Waals surface area contributed by atoms with Crippen LogP contribution in [0.3, 0.4) is 0 Å². The lowest BCUT2D eigenvalue weighted by Gasteiger charge is -2.07. The van der Waals surface area contributed by atoms with Gasteiger partial charge in [0.2, 0.25) is 0 Å². The average molecular weight is 369 g/mol. The zero-order valence-corrected chi connectivity index (χ0v) is 15.4. The standard InChI is InChI=1S/C24H17ClN2/c25-20-12-10-19(11-13-20)23-22(16-17-6-2-1-3-7-17)27-15-14-18-8-4-5-9-21(18)24(27)26-23/h1-15H,16H2. The van der Waals surface area contributed by atoms with Crippen LogP contribution in [0.4, 0.5) is 0 Å². The number of imidazole rings is 1. The van der Waals surface area contributed by atoms with E-state index in [1.807, 2.05) is 30.3 Å². The average Bonchev–Trinajstić information content (AvgIpc) is 3.08. The molecule has 27 heavy (non-hydrogen) atoms. The molecule has 2 aromatic heterocycles. The van der Waals surface area contributed by atoms with Crippen molar-refractivity contribution in [1.82, 2.24) is 9.38 Å². The summed E-state index contributed by atoms with van der Waals surface area (Å²) in [6.07, 6.45) is 2.95. The number of benzene rings is 3. The van der Waals surface area contributed by atoms with Gasteiger partial charge in [-0.15, -0.1) is 0 Å². The quantitative estimate of drug-likeness (QED) is 0.360. The first-order valence-electron chi connectivity index (χ1n) is 8.98. The molecule has 0 aliphatic rings. The number of fused-ring (bicyclic) bond motifs is 3. The molecule has 130 valence electrons. The van der Waals surface area contributed by atoms with Gasteiger partial charge in [0, 0.05) is 28.6 Å². The molecule has 0 fully saturated rings. The van der Waals surface area contributed by atoms with Crippen LogP contribution in [0.1, 0.15) is 11.3 Å². The predicted molar refractivity (Wildman–Crippen MR) is 112 cm³/mol. The highest BCUT2D eigenvalue weighted by Gasteiger charge is 2.16. The molecule has 0 aliphatic carbocycles. The molecule has 5 aromatic rings. The lowest BCUT2D eigenvalue weighted by Crippen LogP contribution is -1.96. The van der Waals surface area contributed by atoms with E-state index in [2.05, 4.69) is 65.2 Å². The Morgan fingerprint density at radius 1 is 0.778 bits per heavy atom. The van der Waals surface area contributed by atoms with Gasteiger partial charge in [-0.3, -0.25) is 0 Å². The number of pyridine rings is 1. The van der Waals surface area contributed by atoms with E-state index in [9.17, 15) is 0 Å². The van der Waals surface area contributed by atoms with Crippen molar-refractivity contribution < 1.29 is 0 Å². The third-order valence-corrected chi connectivity index (χ3v) is 5.20. The summed E-state index contributed by atoms with van der Waals surface area (Å²) in [7, 11) is 0. The molecule has 2 nitrogen and oxygen atoms in total. The van der Waals surface area contributed by atoms with Gasteiger partial charge in [-0.2, -0.15) is 0 Å². The van der Waals surface area contributed by atoms with Gasteiger partial charge in [0.05, 0.1) is 11.4 Å². The smallest absolute Gasteiger partial charge is 0.145 e. The van der Waals surface area contributed by atoms with Crippen molar-refractivity contribution in [2.24, 2.45) is 0 Å². The van der Waals surface area contributed by atoms with Crippen molar-refractivity contribution in [2.75, 3.05) is 0 Å². The molecule has 0 atom stereocenters. The van der Waals surface area contributed by atoms with Crippen molar-refractivity contribution in [1.29, 1.82) is 0 Å². The summed E-state index contributed by atoms with van der Waals surface area (Å²) in [5, 5.41) is 3.09. The fourth-order valence-electron chi connectivity index (χ4n) is 3.61. The Morgan fingerprint density at radius 3 is 2.33 bits per heavy atom. The molecule has 0 aliphatic heterocycles. The van der Waals surface area contributed by atoms with Gasteiger partial charge in [0.25, 0.3) is 0 Å². The van der Waals surface area contributed by atoms with E-state index in [1.165, 1.54) is 16.6 Å². The second-order valence-corrected chi connectivity index (χ2v) is 7.11. The molecule has 0 radical (unpaired) electrons. The topological polar surface area (TPSA) is 17.3 Å². The minimum absolute atomic E-state index is 0.734. The third-order valence-electron chi connectivity index (χ3n) is 4.95. The van der Waals surface area contributed by atoms with Crippen molar-refractivity contribution in [2.45, 2.75) is 6.42 Å². The van der Waals surface area contributed by atoms with Crippen molar-refractivity contribution in [3.8, 4) is 11.3 Å². The summed E-state index contributed by atoms with van der Waals surface area (Å²) in [5.41, 5.74) is 5.53. The van der Waals surface area contributed by atoms with Crippen LogP contribution < -0.4 is 0 Å². The Labute approximate surface area is 162 Å². The van der Waals surface area contributed by atoms with Crippen LogP contribution in [-0.4, -0.2) is 9.38 Å². The molecule has 0 unspecified atom stereocenters. The summed E-state index contributed by atoms with van der Waals surface area (Å²) < 4.78 is 2.22. The Kier molecular flexibility index (Phi) is 3.92. The number of hydrogen-bond donors (Lipinski definition) is 0. The van der Waals surface area contributed by atoms with Crippen LogP contribution in [0.5, 0.6) is 0 Å². The summed E-state index contributed by atoms with van der Waals surface area (Å²) in [4.78, 5) is 5.06. The van der Waals surface area contributed by atoms with E-state index >= 15 is 0 Å². The Hall–Kier alpha value is -3.10. The molecule has 0 saturated carbocycles. The van der Waals surface area contributed by atoms with Crippen LogP contribution in [0.15, 0.2) is 91.1 Å². The Bertz CT molecular complexity index is 1240. The second-order valence-electron chi connectivity index (χ2n) is 6.67. The summed E-state index contributed by atoms with van der Waals surface area (Å²) >= 11 is 6.10. The zero-order chi connectivity index (χ0) is 18.2. The van der Waals surface area contributed by atoms with E-state index < -0.39 is 0 Å². The van der Waals surface area contributed by atoms with E-state index in [4.69, 9.17) is 16.6 Å². The number of halogens is 1. The summed E-state index contributed by atoms with van der Waals surface area (Å²) in [6, 6.07) is 29.0. The molecule has 0 spiro atoms.